The number of carbonyl (C=O) groups excluding carboxylic acids is 2. The lowest BCUT2D eigenvalue weighted by atomic mass is 9.62. The van der Waals surface area contributed by atoms with Gasteiger partial charge in [0.2, 0.25) is 11.8 Å². The molecule has 2 aliphatic heterocycles. The van der Waals surface area contributed by atoms with Crippen molar-refractivity contribution in [1.29, 1.82) is 0 Å². The monoisotopic (exact) mass is 549 g/mol. The summed E-state index contributed by atoms with van der Waals surface area (Å²) in [5.74, 6) is -1.92. The lowest BCUT2D eigenvalue weighted by Crippen LogP contribution is -2.49. The number of rotatable bonds is 7. The van der Waals surface area contributed by atoms with E-state index in [-0.39, 0.29) is 28.8 Å². The fraction of sp³-hybridized carbons (Fsp3) is 0.500. The van der Waals surface area contributed by atoms with Gasteiger partial charge in [-0.05, 0) is 60.1 Å². The molecule has 0 unspecified atom stereocenters. The molecule has 1 saturated heterocycles. The fourth-order valence-corrected chi connectivity index (χ4v) is 6.17. The molecular weight excluding hydrogens is 516 g/mol. The van der Waals surface area contributed by atoms with Gasteiger partial charge in [0.1, 0.15) is 11.2 Å². The fourth-order valence-electron chi connectivity index (χ4n) is 5.81. The molecule has 2 aliphatic rings. The van der Waals surface area contributed by atoms with Crippen LogP contribution in [0.1, 0.15) is 64.0 Å². The Morgan fingerprint density at radius 2 is 1.97 bits per heavy atom. The van der Waals surface area contributed by atoms with Crippen molar-refractivity contribution in [1.82, 2.24) is 10.6 Å². The molecule has 1 fully saturated rings. The van der Waals surface area contributed by atoms with Crippen molar-refractivity contribution < 1.29 is 19.1 Å². The maximum atomic E-state index is 14.9. The van der Waals surface area contributed by atoms with Crippen LogP contribution in [-0.2, 0) is 15.0 Å². The van der Waals surface area contributed by atoms with E-state index in [2.05, 4.69) is 36.7 Å². The van der Waals surface area contributed by atoms with Gasteiger partial charge in [0.25, 0.3) is 0 Å². The second-order valence-electron chi connectivity index (χ2n) is 11.3. The van der Waals surface area contributed by atoms with E-state index in [1.54, 1.807) is 18.2 Å². The first-order valence-electron chi connectivity index (χ1n) is 12.7. The Bertz CT molecular complexity index is 1200. The van der Waals surface area contributed by atoms with Gasteiger partial charge in [-0.2, -0.15) is 0 Å². The zero-order valence-electron chi connectivity index (χ0n) is 21.5. The van der Waals surface area contributed by atoms with Crippen LogP contribution in [0.15, 0.2) is 36.4 Å². The Morgan fingerprint density at radius 3 is 2.62 bits per heavy atom. The maximum Gasteiger partial charge on any atom is 0.237 e. The molecule has 4 rings (SSSR count). The van der Waals surface area contributed by atoms with Crippen molar-refractivity contribution in [3.63, 3.8) is 0 Å². The second kappa shape index (κ2) is 10.5. The summed E-state index contributed by atoms with van der Waals surface area (Å²) in [4.78, 5) is 27.7. The SMILES string of the molecule is CC[C@@H](O)CCNC(=O)[C@@H]1N[C@H](CC(C)(C)C)[C@]2(C(=O)Nc3cc(Cl)c(F)cc32)[C@H]1c1cccc(Cl)c1. The van der Waals surface area contributed by atoms with E-state index in [0.29, 0.717) is 41.1 Å². The van der Waals surface area contributed by atoms with Gasteiger partial charge in [-0.1, -0.05) is 63.0 Å². The molecule has 2 aromatic rings. The van der Waals surface area contributed by atoms with Crippen LogP contribution < -0.4 is 16.0 Å². The number of aliphatic hydroxyl groups excluding tert-OH is 1. The molecule has 1 spiro atoms. The predicted molar refractivity (Wildman–Crippen MR) is 145 cm³/mol. The van der Waals surface area contributed by atoms with E-state index in [1.807, 2.05) is 13.0 Å². The van der Waals surface area contributed by atoms with Crippen LogP contribution in [-0.4, -0.2) is 41.7 Å². The van der Waals surface area contributed by atoms with Gasteiger partial charge in [-0.15, -0.1) is 0 Å². The number of nitrogens with one attached hydrogen (secondary N) is 3. The van der Waals surface area contributed by atoms with Gasteiger partial charge in [-0.25, -0.2) is 4.39 Å². The van der Waals surface area contributed by atoms with Gasteiger partial charge in [-0.3, -0.25) is 9.59 Å². The summed E-state index contributed by atoms with van der Waals surface area (Å²) in [5, 5.41) is 19.7. The van der Waals surface area contributed by atoms with Crippen molar-refractivity contribution in [2.75, 3.05) is 11.9 Å². The molecule has 0 radical (unpaired) electrons. The number of halogens is 3. The number of benzene rings is 2. The van der Waals surface area contributed by atoms with Gasteiger partial charge in [0.15, 0.2) is 0 Å². The van der Waals surface area contributed by atoms with Crippen molar-refractivity contribution in [2.24, 2.45) is 5.41 Å². The van der Waals surface area contributed by atoms with E-state index < -0.39 is 35.3 Å². The minimum Gasteiger partial charge on any atom is -0.393 e. The first-order valence-corrected chi connectivity index (χ1v) is 13.4. The van der Waals surface area contributed by atoms with Gasteiger partial charge < -0.3 is 21.1 Å². The van der Waals surface area contributed by atoms with Crippen LogP contribution in [0.5, 0.6) is 0 Å². The quantitative estimate of drug-likeness (QED) is 0.384. The Balaban J connectivity index is 1.89. The molecule has 6 nitrogen and oxygen atoms in total. The molecule has 5 atom stereocenters. The highest BCUT2D eigenvalue weighted by Gasteiger charge is 2.65. The van der Waals surface area contributed by atoms with E-state index >= 15 is 0 Å². The molecule has 9 heteroatoms. The summed E-state index contributed by atoms with van der Waals surface area (Å²) in [6, 6.07) is 8.58. The van der Waals surface area contributed by atoms with Crippen LogP contribution in [0.2, 0.25) is 10.0 Å². The van der Waals surface area contributed by atoms with Crippen LogP contribution in [0.4, 0.5) is 10.1 Å². The molecular formula is C28H34Cl2FN3O3. The second-order valence-corrected chi connectivity index (χ2v) is 12.1. The molecule has 0 saturated carbocycles. The largest absolute Gasteiger partial charge is 0.393 e. The lowest BCUT2D eigenvalue weighted by Gasteiger charge is -2.37. The van der Waals surface area contributed by atoms with Gasteiger partial charge >= 0.3 is 0 Å². The minimum absolute atomic E-state index is 0.0856. The summed E-state index contributed by atoms with van der Waals surface area (Å²) in [6.45, 7) is 8.35. The Labute approximate surface area is 227 Å². The molecule has 2 heterocycles. The first kappa shape index (κ1) is 27.8. The third-order valence-corrected chi connectivity index (χ3v) is 7.96. The van der Waals surface area contributed by atoms with Crippen molar-refractivity contribution in [2.45, 2.75) is 76.5 Å². The van der Waals surface area contributed by atoms with Crippen LogP contribution in [0.25, 0.3) is 0 Å². The van der Waals surface area contributed by atoms with E-state index in [4.69, 9.17) is 23.2 Å². The van der Waals surface area contributed by atoms with Crippen LogP contribution >= 0.6 is 23.2 Å². The number of hydrogen-bond donors (Lipinski definition) is 4. The summed E-state index contributed by atoms with van der Waals surface area (Å²) in [5.41, 5.74) is 0.111. The highest BCUT2D eigenvalue weighted by Crippen LogP contribution is 2.57. The zero-order chi connectivity index (χ0) is 27.1. The third-order valence-electron chi connectivity index (χ3n) is 7.44. The average molecular weight is 551 g/mol. The Morgan fingerprint density at radius 1 is 1.24 bits per heavy atom. The normalized spacial score (nSPS) is 25.7. The van der Waals surface area contributed by atoms with E-state index in [9.17, 15) is 19.1 Å². The Kier molecular flexibility index (Phi) is 7.92. The smallest absolute Gasteiger partial charge is 0.237 e. The molecule has 0 aliphatic carbocycles. The molecule has 4 N–H and O–H groups in total. The summed E-state index contributed by atoms with van der Waals surface area (Å²) in [7, 11) is 0. The van der Waals surface area contributed by atoms with E-state index in [0.717, 1.165) is 0 Å². The zero-order valence-corrected chi connectivity index (χ0v) is 23.0. The van der Waals surface area contributed by atoms with Crippen molar-refractivity contribution in [3.8, 4) is 0 Å². The first-order chi connectivity index (χ1) is 17.4. The maximum absolute atomic E-state index is 14.9. The molecule has 37 heavy (non-hydrogen) atoms. The topological polar surface area (TPSA) is 90.5 Å². The highest BCUT2D eigenvalue weighted by molar-refractivity contribution is 6.31. The summed E-state index contributed by atoms with van der Waals surface area (Å²) >= 11 is 12.5. The lowest BCUT2D eigenvalue weighted by molar-refractivity contribution is -0.123. The number of carbonyl (C=O) groups is 2. The number of anilines is 1. The highest BCUT2D eigenvalue weighted by atomic mass is 35.5. The number of fused-ring (bicyclic) bond motifs is 2. The standard InChI is InChI=1S/C28H34Cl2FN3O3/c1-5-17(35)9-10-32-25(36)24-23(15-7-6-8-16(29)11-15)28(22(34-24)14-27(2,3)4)18-12-20(31)19(30)13-21(18)33-26(28)37/h6-8,11-13,17,22-24,34-35H,5,9-10,14H2,1-4H3,(H,32,36)(H,33,37)/t17-,22-,23+,24-,28+/m1/s1. The average Bonchev–Trinajstić information content (AvgIpc) is 3.28. The van der Waals surface area contributed by atoms with Crippen molar-refractivity contribution in [3.05, 3.63) is 63.4 Å². The predicted octanol–water partition coefficient (Wildman–Crippen LogP) is 5.16. The van der Waals surface area contributed by atoms with Gasteiger partial charge in [0.05, 0.1) is 17.2 Å². The number of hydrogen-bond acceptors (Lipinski definition) is 4. The van der Waals surface area contributed by atoms with Gasteiger partial charge in [0, 0.05) is 29.2 Å². The van der Waals surface area contributed by atoms with Crippen LogP contribution in [0, 0.1) is 11.2 Å². The summed E-state index contributed by atoms with van der Waals surface area (Å²) in [6.07, 6.45) is 1.03. The minimum atomic E-state index is -1.29. The molecule has 0 aromatic heterocycles. The molecule has 2 aromatic carbocycles. The third kappa shape index (κ3) is 5.24. The molecule has 200 valence electrons. The Hall–Kier alpha value is -2.19. The number of amides is 2. The molecule has 0 bridgehead atoms. The number of aliphatic hydroxyl groups is 1. The van der Waals surface area contributed by atoms with Crippen LogP contribution in [0.3, 0.4) is 0 Å². The summed E-state index contributed by atoms with van der Waals surface area (Å²) < 4.78 is 14.9. The van der Waals surface area contributed by atoms with E-state index in [1.165, 1.54) is 12.1 Å². The van der Waals surface area contributed by atoms with Crippen molar-refractivity contribution >= 4 is 40.7 Å². The molecule has 2 amide bonds.